The van der Waals surface area contributed by atoms with Crippen LogP contribution in [-0.2, 0) is 0 Å². The minimum Gasteiger partial charge on any atom is -0.435 e. The third-order valence-corrected chi connectivity index (χ3v) is 23.8. The summed E-state index contributed by atoms with van der Waals surface area (Å²) in [6.07, 6.45) is 0. The molecule has 6 heterocycles. The molecule has 110 heavy (non-hydrogen) atoms. The molecular weight excluding hydrogens is 1360 g/mol. The molecule has 0 saturated heterocycles. The molecule has 0 amide bonds. The van der Waals surface area contributed by atoms with E-state index >= 15 is 0 Å². The molecule has 18 aromatic carbocycles. The molecule has 0 atom stereocenters. The van der Waals surface area contributed by atoms with Gasteiger partial charge in [-0.05, 0) is 200 Å². The Hall–Kier alpha value is -14.4. The van der Waals surface area contributed by atoms with Crippen molar-refractivity contribution in [1.29, 1.82) is 0 Å². The molecule has 0 bridgehead atoms. The molecule has 0 radical (unpaired) electrons. The third kappa shape index (κ3) is 9.69. The molecule has 0 unspecified atom stereocenters. The number of thiazole rings is 1. The summed E-state index contributed by atoms with van der Waals surface area (Å²) in [6.45, 7) is 0. The van der Waals surface area contributed by atoms with Crippen LogP contribution in [0.15, 0.2) is 381 Å². The van der Waals surface area contributed by atoms with E-state index in [1.165, 1.54) is 147 Å². The third-order valence-electron chi connectivity index (χ3n) is 22.6. The molecule has 6 aromatic heterocycles. The average molecular weight is 1420 g/mol. The van der Waals surface area contributed by atoms with Gasteiger partial charge in [-0.15, -0.1) is 11.3 Å². The minimum atomic E-state index is 0.639. The maximum absolute atomic E-state index is 6.49. The molecule has 512 valence electrons. The van der Waals surface area contributed by atoms with Crippen molar-refractivity contribution in [2.75, 3.05) is 0 Å². The fourth-order valence-corrected chi connectivity index (χ4v) is 18.7. The Kier molecular flexibility index (Phi) is 13.8. The second kappa shape index (κ2) is 24.6. The first-order valence-electron chi connectivity index (χ1n) is 37.4. The maximum Gasteiger partial charge on any atom is 0.227 e. The van der Waals surface area contributed by atoms with E-state index in [2.05, 4.69) is 364 Å². The standard InChI is InChI=1S/C51H31N3O.C51H31N3S/c2*1-3-11-33(12-4-1)51-52-44-26-21-32-19-20-36-29-38(24-25-39(36)49(32)50(44)55-51)54-46-18-10-8-16-41(46)43-31-35(23-28-48(43)54)34-22-27-47-42(30-34)40-15-7-9-17-45(40)53(47)37-13-5-2-6-14-37/h2*1-31H. The van der Waals surface area contributed by atoms with Gasteiger partial charge in [-0.1, -0.05) is 231 Å². The lowest BCUT2D eigenvalue weighted by Crippen LogP contribution is -1.94. The van der Waals surface area contributed by atoms with Gasteiger partial charge in [0.1, 0.15) is 10.5 Å². The van der Waals surface area contributed by atoms with Crippen LogP contribution < -0.4 is 0 Å². The molecule has 7 nitrogen and oxygen atoms in total. The van der Waals surface area contributed by atoms with Crippen molar-refractivity contribution < 1.29 is 4.42 Å². The van der Waals surface area contributed by atoms with Crippen molar-refractivity contribution in [1.82, 2.24) is 28.2 Å². The van der Waals surface area contributed by atoms with Gasteiger partial charge >= 0.3 is 0 Å². The number of oxazole rings is 1. The van der Waals surface area contributed by atoms with Gasteiger partial charge in [0.05, 0.1) is 54.4 Å². The van der Waals surface area contributed by atoms with Crippen LogP contribution in [-0.4, -0.2) is 28.2 Å². The highest BCUT2D eigenvalue weighted by atomic mass is 32.1. The Morgan fingerprint density at radius 2 is 0.564 bits per heavy atom. The zero-order valence-electron chi connectivity index (χ0n) is 59.3. The van der Waals surface area contributed by atoms with E-state index in [0.717, 1.165) is 65.7 Å². The molecule has 0 N–H and O–H groups in total. The Bertz CT molecular complexity index is 7430. The molecule has 24 aromatic rings. The first kappa shape index (κ1) is 61.8. The summed E-state index contributed by atoms with van der Waals surface area (Å²) in [5.41, 5.74) is 23.9. The van der Waals surface area contributed by atoms with Crippen molar-refractivity contribution >= 4 is 163 Å². The van der Waals surface area contributed by atoms with E-state index in [-0.39, 0.29) is 0 Å². The van der Waals surface area contributed by atoms with Crippen molar-refractivity contribution in [2.24, 2.45) is 0 Å². The molecule has 0 fully saturated rings. The summed E-state index contributed by atoms with van der Waals surface area (Å²) in [5, 5.41) is 20.6. The molecule has 0 spiro atoms. The van der Waals surface area contributed by atoms with Gasteiger partial charge < -0.3 is 22.7 Å². The zero-order chi connectivity index (χ0) is 72.1. The quantitative estimate of drug-likeness (QED) is 0.142. The predicted molar refractivity (Wildman–Crippen MR) is 463 cm³/mol. The van der Waals surface area contributed by atoms with E-state index < -0.39 is 0 Å². The highest BCUT2D eigenvalue weighted by Crippen LogP contribution is 2.45. The lowest BCUT2D eigenvalue weighted by atomic mass is 10.00. The number of para-hydroxylation sites is 6. The molecule has 0 aliphatic carbocycles. The first-order valence-corrected chi connectivity index (χ1v) is 38.2. The van der Waals surface area contributed by atoms with E-state index in [4.69, 9.17) is 14.4 Å². The number of rotatable bonds is 8. The van der Waals surface area contributed by atoms with Crippen LogP contribution in [0, 0.1) is 0 Å². The number of hydrogen-bond donors (Lipinski definition) is 0. The lowest BCUT2D eigenvalue weighted by Gasteiger charge is -2.11. The van der Waals surface area contributed by atoms with Crippen LogP contribution in [0.2, 0.25) is 0 Å². The van der Waals surface area contributed by atoms with E-state index in [9.17, 15) is 0 Å². The van der Waals surface area contributed by atoms with Crippen molar-refractivity contribution in [3.8, 4) is 67.0 Å². The Morgan fingerprint density at radius 3 is 1.01 bits per heavy atom. The molecule has 8 heteroatoms. The second-order valence-corrected chi connectivity index (χ2v) is 29.7. The average Bonchev–Trinajstić information content (AvgIpc) is 1.53. The van der Waals surface area contributed by atoms with Gasteiger partial charge in [0.15, 0.2) is 5.58 Å². The Balaban J connectivity index is 0.000000132. The molecule has 0 saturated carbocycles. The minimum absolute atomic E-state index is 0.639. The number of hydrogen-bond acceptors (Lipinski definition) is 4. The Morgan fingerprint density at radius 1 is 0.218 bits per heavy atom. The number of nitrogens with zero attached hydrogens (tertiary/aromatic N) is 6. The summed E-state index contributed by atoms with van der Waals surface area (Å²) in [5.74, 6) is 0.639. The van der Waals surface area contributed by atoms with E-state index in [0.29, 0.717) is 5.89 Å². The molecule has 24 rings (SSSR count). The summed E-state index contributed by atoms with van der Waals surface area (Å²) in [4.78, 5) is 9.92. The van der Waals surface area contributed by atoms with Gasteiger partial charge in [-0.2, -0.15) is 0 Å². The molecule has 0 aliphatic rings. The lowest BCUT2D eigenvalue weighted by molar-refractivity contribution is 0.623. The predicted octanol–water partition coefficient (Wildman–Crippen LogP) is 27.8. The first-order chi connectivity index (χ1) is 54.5. The van der Waals surface area contributed by atoms with E-state index in [1.54, 1.807) is 11.3 Å². The molecular formula is C102H62N6OS. The SMILES string of the molecule is c1ccc(-c2nc3ccc4ccc5cc(-n6c7ccccc7c7cc(-c8ccc9c(c8)c8ccccc8n9-c8ccccc8)ccc76)ccc5c4c3o2)cc1.c1ccc(-c2nc3ccc4ccc5cc(-n6c7ccccc7c7cc(-c8ccc9c(c8)c8ccccc8n9-c8ccccc8)ccc76)ccc5c4c3s2)cc1. The Labute approximate surface area is 634 Å². The fourth-order valence-electron chi connectivity index (χ4n) is 17.6. The number of benzene rings is 18. The van der Waals surface area contributed by atoms with Crippen molar-refractivity contribution in [2.45, 2.75) is 0 Å². The zero-order valence-corrected chi connectivity index (χ0v) is 60.1. The molecule has 0 aliphatic heterocycles. The largest absolute Gasteiger partial charge is 0.435 e. The maximum atomic E-state index is 6.49. The van der Waals surface area contributed by atoms with Gasteiger partial charge in [0.25, 0.3) is 0 Å². The van der Waals surface area contributed by atoms with Gasteiger partial charge in [-0.25, -0.2) is 9.97 Å². The second-order valence-electron chi connectivity index (χ2n) is 28.7. The van der Waals surface area contributed by atoms with Crippen molar-refractivity contribution in [3.63, 3.8) is 0 Å². The van der Waals surface area contributed by atoms with Crippen LogP contribution in [0.3, 0.4) is 0 Å². The van der Waals surface area contributed by atoms with Gasteiger partial charge in [0, 0.05) is 87.7 Å². The van der Waals surface area contributed by atoms with Crippen LogP contribution >= 0.6 is 11.3 Å². The van der Waals surface area contributed by atoms with Crippen molar-refractivity contribution in [3.05, 3.63) is 376 Å². The summed E-state index contributed by atoms with van der Waals surface area (Å²) in [6, 6.07) is 136. The summed E-state index contributed by atoms with van der Waals surface area (Å²) in [7, 11) is 0. The van der Waals surface area contributed by atoms with Crippen LogP contribution in [0.5, 0.6) is 0 Å². The van der Waals surface area contributed by atoms with Gasteiger partial charge in [-0.3, -0.25) is 0 Å². The number of fused-ring (bicyclic) bond motifs is 22. The van der Waals surface area contributed by atoms with Gasteiger partial charge in [0.2, 0.25) is 5.89 Å². The highest BCUT2D eigenvalue weighted by Gasteiger charge is 2.22. The normalized spacial score (nSPS) is 12.0. The smallest absolute Gasteiger partial charge is 0.227 e. The van der Waals surface area contributed by atoms with E-state index in [1.807, 2.05) is 30.3 Å². The van der Waals surface area contributed by atoms with Crippen LogP contribution in [0.4, 0.5) is 0 Å². The van der Waals surface area contributed by atoms with Crippen LogP contribution in [0.25, 0.3) is 219 Å². The fraction of sp³-hybridized carbons (Fsp3) is 0. The summed E-state index contributed by atoms with van der Waals surface area (Å²) >= 11 is 1.78. The van der Waals surface area contributed by atoms with Crippen LogP contribution in [0.1, 0.15) is 0 Å². The number of aromatic nitrogens is 6. The highest BCUT2D eigenvalue weighted by molar-refractivity contribution is 7.22. The topological polar surface area (TPSA) is 58.6 Å². The summed E-state index contributed by atoms with van der Waals surface area (Å²) < 4.78 is 17.3. The monoisotopic (exact) mass is 1420 g/mol.